The van der Waals surface area contributed by atoms with E-state index in [4.69, 9.17) is 14.2 Å². The summed E-state index contributed by atoms with van der Waals surface area (Å²) in [6, 6.07) is 17.5. The number of anilines is 2. The molecular weight excluding hydrogens is 414 g/mol. The molecule has 32 heavy (non-hydrogen) atoms. The maximum atomic E-state index is 12.5. The van der Waals surface area contributed by atoms with Crippen molar-refractivity contribution in [2.75, 3.05) is 24.9 Å². The van der Waals surface area contributed by atoms with Crippen molar-refractivity contribution < 1.29 is 23.9 Å². The molecule has 3 rings (SSSR count). The predicted molar refractivity (Wildman–Crippen MR) is 121 cm³/mol. The molecular formula is C23H23N3O6. The summed E-state index contributed by atoms with van der Waals surface area (Å²) < 4.78 is 16.4. The molecule has 0 aliphatic heterocycles. The Morgan fingerprint density at radius 2 is 1.62 bits per heavy atom. The van der Waals surface area contributed by atoms with Gasteiger partial charge in [-0.25, -0.2) is 0 Å². The summed E-state index contributed by atoms with van der Waals surface area (Å²) in [6.07, 6.45) is 0. The average Bonchev–Trinajstić information content (AvgIpc) is 2.80. The van der Waals surface area contributed by atoms with Gasteiger partial charge in [0.1, 0.15) is 17.5 Å². The van der Waals surface area contributed by atoms with Crippen LogP contribution in [-0.2, 0) is 4.79 Å². The van der Waals surface area contributed by atoms with Crippen molar-refractivity contribution >= 4 is 23.0 Å². The SMILES string of the molecule is COc1ccc(Oc2cc(NC(C)C(=O)Nc3cccc([N+](=O)[O-])c3)ccc2OC)cc1. The molecule has 0 spiro atoms. The minimum absolute atomic E-state index is 0.0983. The number of hydrogen-bond donors (Lipinski definition) is 2. The first-order valence-electron chi connectivity index (χ1n) is 9.71. The van der Waals surface area contributed by atoms with Crippen LogP contribution in [0.1, 0.15) is 6.92 Å². The van der Waals surface area contributed by atoms with Crippen LogP contribution in [0, 0.1) is 10.1 Å². The van der Waals surface area contributed by atoms with Crippen LogP contribution >= 0.6 is 0 Å². The highest BCUT2D eigenvalue weighted by molar-refractivity contribution is 5.96. The fourth-order valence-electron chi connectivity index (χ4n) is 2.88. The van der Waals surface area contributed by atoms with E-state index in [1.54, 1.807) is 69.7 Å². The van der Waals surface area contributed by atoms with Crippen molar-refractivity contribution in [2.45, 2.75) is 13.0 Å². The first-order chi connectivity index (χ1) is 15.4. The normalized spacial score (nSPS) is 11.2. The van der Waals surface area contributed by atoms with Crippen molar-refractivity contribution in [1.82, 2.24) is 0 Å². The van der Waals surface area contributed by atoms with E-state index >= 15 is 0 Å². The maximum Gasteiger partial charge on any atom is 0.271 e. The van der Waals surface area contributed by atoms with Gasteiger partial charge in [-0.15, -0.1) is 0 Å². The van der Waals surface area contributed by atoms with Gasteiger partial charge in [0.2, 0.25) is 5.91 Å². The number of nitro benzene ring substituents is 1. The highest BCUT2D eigenvalue weighted by Gasteiger charge is 2.16. The molecule has 166 valence electrons. The van der Waals surface area contributed by atoms with Gasteiger partial charge in [-0.1, -0.05) is 6.07 Å². The molecule has 0 radical (unpaired) electrons. The van der Waals surface area contributed by atoms with Crippen molar-refractivity contribution in [1.29, 1.82) is 0 Å². The molecule has 0 aromatic heterocycles. The molecule has 0 fully saturated rings. The first-order valence-corrected chi connectivity index (χ1v) is 9.71. The minimum Gasteiger partial charge on any atom is -0.497 e. The van der Waals surface area contributed by atoms with E-state index < -0.39 is 11.0 Å². The minimum atomic E-state index is -0.628. The quantitative estimate of drug-likeness (QED) is 0.364. The van der Waals surface area contributed by atoms with Crippen LogP contribution in [0.3, 0.4) is 0 Å². The number of ether oxygens (including phenoxy) is 3. The molecule has 0 aliphatic carbocycles. The Kier molecular flexibility index (Phi) is 7.12. The lowest BCUT2D eigenvalue weighted by molar-refractivity contribution is -0.384. The molecule has 0 heterocycles. The molecule has 0 saturated carbocycles. The van der Waals surface area contributed by atoms with Gasteiger partial charge in [0.05, 0.1) is 19.1 Å². The number of hydrogen-bond acceptors (Lipinski definition) is 7. The Morgan fingerprint density at radius 1 is 0.906 bits per heavy atom. The van der Waals surface area contributed by atoms with Crippen LogP contribution in [0.4, 0.5) is 17.1 Å². The van der Waals surface area contributed by atoms with Crippen LogP contribution in [-0.4, -0.2) is 31.1 Å². The number of amides is 1. The van der Waals surface area contributed by atoms with Gasteiger partial charge >= 0.3 is 0 Å². The first kappa shape index (κ1) is 22.4. The van der Waals surface area contributed by atoms with Gasteiger partial charge in [-0.2, -0.15) is 0 Å². The smallest absolute Gasteiger partial charge is 0.271 e. The number of methoxy groups -OCH3 is 2. The van der Waals surface area contributed by atoms with Gasteiger partial charge in [0, 0.05) is 29.6 Å². The lowest BCUT2D eigenvalue weighted by Crippen LogP contribution is -2.31. The molecule has 0 aliphatic rings. The zero-order valence-corrected chi connectivity index (χ0v) is 17.8. The number of non-ortho nitro benzene ring substituents is 1. The van der Waals surface area contributed by atoms with Gasteiger partial charge in [-0.3, -0.25) is 14.9 Å². The molecule has 0 bridgehead atoms. The lowest BCUT2D eigenvalue weighted by Gasteiger charge is -2.17. The van der Waals surface area contributed by atoms with E-state index in [1.165, 1.54) is 18.2 Å². The number of rotatable bonds is 9. The molecule has 3 aromatic carbocycles. The van der Waals surface area contributed by atoms with Gasteiger partial charge in [-0.05, 0) is 49.4 Å². The fraction of sp³-hybridized carbons (Fsp3) is 0.174. The van der Waals surface area contributed by atoms with Gasteiger partial charge in [0.15, 0.2) is 11.5 Å². The number of carbonyl (C=O) groups excluding carboxylic acids is 1. The Morgan fingerprint density at radius 3 is 2.28 bits per heavy atom. The summed E-state index contributed by atoms with van der Waals surface area (Å²) in [5.74, 6) is 1.95. The number of nitrogens with zero attached hydrogens (tertiary/aromatic N) is 1. The van der Waals surface area contributed by atoms with E-state index in [0.29, 0.717) is 34.4 Å². The van der Waals surface area contributed by atoms with Crippen LogP contribution in [0.25, 0.3) is 0 Å². The molecule has 3 aromatic rings. The Balaban J connectivity index is 1.70. The number of nitro groups is 1. The van der Waals surface area contributed by atoms with E-state index in [2.05, 4.69) is 10.6 Å². The molecule has 9 nitrogen and oxygen atoms in total. The van der Waals surface area contributed by atoms with Crippen LogP contribution < -0.4 is 24.8 Å². The molecule has 1 atom stereocenters. The second-order valence-corrected chi connectivity index (χ2v) is 6.81. The van der Waals surface area contributed by atoms with Crippen LogP contribution in [0.5, 0.6) is 23.0 Å². The van der Waals surface area contributed by atoms with E-state index in [1.807, 2.05) is 0 Å². The number of carbonyl (C=O) groups is 1. The second-order valence-electron chi connectivity index (χ2n) is 6.81. The second kappa shape index (κ2) is 10.2. The monoisotopic (exact) mass is 437 g/mol. The largest absolute Gasteiger partial charge is 0.497 e. The summed E-state index contributed by atoms with van der Waals surface area (Å²) in [5.41, 5.74) is 0.881. The maximum absolute atomic E-state index is 12.5. The topological polar surface area (TPSA) is 112 Å². The third-order valence-corrected chi connectivity index (χ3v) is 4.55. The van der Waals surface area contributed by atoms with Crippen molar-refractivity contribution in [3.05, 3.63) is 76.8 Å². The summed E-state index contributed by atoms with van der Waals surface area (Å²) >= 11 is 0. The molecule has 1 amide bonds. The summed E-state index contributed by atoms with van der Waals surface area (Å²) in [6.45, 7) is 1.68. The third kappa shape index (κ3) is 5.66. The zero-order valence-electron chi connectivity index (χ0n) is 17.8. The van der Waals surface area contributed by atoms with Crippen molar-refractivity contribution in [3.63, 3.8) is 0 Å². The Hall–Kier alpha value is -4.27. The van der Waals surface area contributed by atoms with Crippen molar-refractivity contribution in [2.24, 2.45) is 0 Å². The Bertz CT molecular complexity index is 1100. The van der Waals surface area contributed by atoms with Crippen molar-refractivity contribution in [3.8, 4) is 23.0 Å². The molecule has 0 saturated heterocycles. The van der Waals surface area contributed by atoms with E-state index in [9.17, 15) is 14.9 Å². The highest BCUT2D eigenvalue weighted by atomic mass is 16.6. The predicted octanol–water partition coefficient (Wildman–Crippen LogP) is 4.84. The van der Waals surface area contributed by atoms with Crippen LogP contribution in [0.15, 0.2) is 66.7 Å². The molecule has 9 heteroatoms. The van der Waals surface area contributed by atoms with E-state index in [-0.39, 0.29) is 11.6 Å². The lowest BCUT2D eigenvalue weighted by atomic mass is 10.2. The van der Waals surface area contributed by atoms with Gasteiger partial charge < -0.3 is 24.8 Å². The van der Waals surface area contributed by atoms with Crippen LogP contribution in [0.2, 0.25) is 0 Å². The number of benzene rings is 3. The van der Waals surface area contributed by atoms with E-state index in [0.717, 1.165) is 0 Å². The Labute approximate surface area is 185 Å². The average molecular weight is 437 g/mol. The summed E-state index contributed by atoms with van der Waals surface area (Å²) in [5, 5.41) is 16.7. The van der Waals surface area contributed by atoms with Gasteiger partial charge in [0.25, 0.3) is 5.69 Å². The fourth-order valence-corrected chi connectivity index (χ4v) is 2.88. The third-order valence-electron chi connectivity index (χ3n) is 4.55. The molecule has 1 unspecified atom stereocenters. The number of nitrogens with one attached hydrogen (secondary N) is 2. The zero-order chi connectivity index (χ0) is 23.1. The standard InChI is InChI=1S/C23H23N3O6/c1-15(23(27)25-16-5-4-6-18(13-16)26(28)29)24-17-7-12-21(31-3)22(14-17)32-20-10-8-19(30-2)9-11-20/h4-15,24H,1-3H3,(H,25,27). The highest BCUT2D eigenvalue weighted by Crippen LogP contribution is 2.34. The summed E-state index contributed by atoms with van der Waals surface area (Å²) in [4.78, 5) is 22.9. The molecule has 2 N–H and O–H groups in total. The summed E-state index contributed by atoms with van der Waals surface area (Å²) in [7, 11) is 3.13.